The standard InChI is InChI=1S/C93H182O17P2/c1-8-9-10-11-12-13-36-46-53-60-67-74-90(95)103-80-88(109-92(97)77-70-63-56-49-42-35-29-23-22-26-32-39-45-52-59-66-73-86(6)7)82-107-111(99,100)105-78-87(94)79-106-112(101,102)108-83-89(110-93(98)76-69-62-55-48-41-34-28-21-17-15-19-25-31-38-44-51-58-65-72-85(4)5)81-104-91(96)75-68-61-54-47-40-33-27-20-16-14-18-24-30-37-43-50-57-64-71-84(2)3/h84-89,94H,8-83H2,1-7H3,(H,99,100)(H,101,102)/t87-,88+,89+/m0/s1. The number of phosphoric ester groups is 2. The van der Waals surface area contributed by atoms with Crippen molar-refractivity contribution in [2.75, 3.05) is 39.6 Å². The van der Waals surface area contributed by atoms with Gasteiger partial charge in [0.2, 0.25) is 0 Å². The number of ether oxygens (including phenoxy) is 4. The number of hydrogen-bond donors (Lipinski definition) is 3. The van der Waals surface area contributed by atoms with E-state index in [-0.39, 0.29) is 25.7 Å². The molecule has 0 fully saturated rings. The molecule has 2 unspecified atom stereocenters. The minimum absolute atomic E-state index is 0.108. The van der Waals surface area contributed by atoms with E-state index in [1.807, 2.05) is 0 Å². The van der Waals surface area contributed by atoms with Gasteiger partial charge in [-0.2, -0.15) is 0 Å². The Bertz CT molecular complexity index is 2150. The van der Waals surface area contributed by atoms with Crippen molar-refractivity contribution in [3.8, 4) is 0 Å². The van der Waals surface area contributed by atoms with Gasteiger partial charge in [-0.25, -0.2) is 9.13 Å². The molecule has 0 aliphatic rings. The zero-order valence-electron chi connectivity index (χ0n) is 74.2. The third-order valence-electron chi connectivity index (χ3n) is 21.9. The van der Waals surface area contributed by atoms with Crippen molar-refractivity contribution in [3.05, 3.63) is 0 Å². The lowest BCUT2D eigenvalue weighted by Gasteiger charge is -2.21. The molecular weight excluding hydrogens is 1450 g/mol. The van der Waals surface area contributed by atoms with E-state index in [4.69, 9.17) is 37.0 Å². The summed E-state index contributed by atoms with van der Waals surface area (Å²) in [6.45, 7) is 12.1. The van der Waals surface area contributed by atoms with Crippen LogP contribution in [0.15, 0.2) is 0 Å². The summed E-state index contributed by atoms with van der Waals surface area (Å²) in [5, 5.41) is 10.7. The number of carbonyl (C=O) groups excluding carboxylic acids is 4. The average molecular weight is 1630 g/mol. The van der Waals surface area contributed by atoms with E-state index in [0.717, 1.165) is 108 Å². The van der Waals surface area contributed by atoms with Crippen molar-refractivity contribution in [3.63, 3.8) is 0 Å². The molecule has 0 saturated carbocycles. The minimum Gasteiger partial charge on any atom is -0.462 e. The van der Waals surface area contributed by atoms with Gasteiger partial charge in [-0.3, -0.25) is 37.3 Å². The molecule has 112 heavy (non-hydrogen) atoms. The molecule has 0 radical (unpaired) electrons. The van der Waals surface area contributed by atoms with Gasteiger partial charge in [0, 0.05) is 25.7 Å². The molecule has 0 aliphatic heterocycles. The molecule has 0 spiro atoms. The predicted octanol–water partition coefficient (Wildman–Crippen LogP) is 28.8. The van der Waals surface area contributed by atoms with Crippen molar-refractivity contribution in [1.82, 2.24) is 0 Å². The maximum Gasteiger partial charge on any atom is 0.472 e. The Morgan fingerprint density at radius 1 is 0.241 bits per heavy atom. The normalized spacial score (nSPS) is 13.8. The molecule has 0 bridgehead atoms. The number of esters is 4. The highest BCUT2D eigenvalue weighted by Crippen LogP contribution is 2.45. The first kappa shape index (κ1) is 110. The predicted molar refractivity (Wildman–Crippen MR) is 465 cm³/mol. The number of aliphatic hydroxyl groups is 1. The van der Waals surface area contributed by atoms with Crippen LogP contribution in [0, 0.1) is 17.8 Å². The SMILES string of the molecule is CCCCCCCCCCCCCC(=O)OC[C@H](COP(=O)(O)OC[C@H](O)COP(=O)(O)OC[C@@H](COC(=O)CCCCCCCCCCCCCCCCCCCCC(C)C)OC(=O)CCCCCCCCCCCCCCCCCCCCC(C)C)OC(=O)CCCCCCCCCCCCCCCCCCC(C)C. The zero-order chi connectivity index (χ0) is 82.2. The van der Waals surface area contributed by atoms with Crippen LogP contribution in [0.3, 0.4) is 0 Å². The average Bonchev–Trinajstić information content (AvgIpc) is 0.901. The van der Waals surface area contributed by atoms with Crippen LogP contribution in [-0.2, 0) is 65.4 Å². The summed E-state index contributed by atoms with van der Waals surface area (Å²) in [7, 11) is -9.94. The van der Waals surface area contributed by atoms with E-state index >= 15 is 0 Å². The Balaban J connectivity index is 5.23. The van der Waals surface area contributed by atoms with Gasteiger partial charge in [0.25, 0.3) is 0 Å². The molecule has 5 atom stereocenters. The van der Waals surface area contributed by atoms with Crippen LogP contribution in [-0.4, -0.2) is 96.7 Å². The van der Waals surface area contributed by atoms with Gasteiger partial charge in [-0.1, -0.05) is 447 Å². The van der Waals surface area contributed by atoms with Crippen molar-refractivity contribution in [2.24, 2.45) is 17.8 Å². The fraction of sp³-hybridized carbons (Fsp3) is 0.957. The zero-order valence-corrected chi connectivity index (χ0v) is 75.9. The fourth-order valence-electron chi connectivity index (χ4n) is 14.6. The van der Waals surface area contributed by atoms with Crippen molar-refractivity contribution in [2.45, 2.75) is 516 Å². The largest absolute Gasteiger partial charge is 0.472 e. The third kappa shape index (κ3) is 85.9. The van der Waals surface area contributed by atoms with E-state index in [1.165, 1.54) is 308 Å². The van der Waals surface area contributed by atoms with E-state index in [2.05, 4.69) is 48.5 Å². The summed E-state index contributed by atoms with van der Waals surface area (Å²) < 4.78 is 69.1. The second-order valence-electron chi connectivity index (χ2n) is 34.8. The molecular formula is C93H182O17P2. The van der Waals surface area contributed by atoms with Gasteiger partial charge >= 0.3 is 39.5 Å². The maximum atomic E-state index is 13.2. The van der Waals surface area contributed by atoms with Crippen molar-refractivity contribution in [1.29, 1.82) is 0 Å². The minimum atomic E-state index is -4.97. The van der Waals surface area contributed by atoms with Gasteiger partial charge in [0.15, 0.2) is 12.2 Å². The fourth-order valence-corrected chi connectivity index (χ4v) is 16.2. The van der Waals surface area contributed by atoms with Crippen LogP contribution in [0.1, 0.15) is 498 Å². The smallest absolute Gasteiger partial charge is 0.462 e. The third-order valence-corrected chi connectivity index (χ3v) is 23.8. The van der Waals surface area contributed by atoms with E-state index in [0.29, 0.717) is 25.7 Å². The molecule has 0 saturated heterocycles. The molecule has 666 valence electrons. The molecule has 17 nitrogen and oxygen atoms in total. The second kappa shape index (κ2) is 82.7. The lowest BCUT2D eigenvalue weighted by Crippen LogP contribution is -2.30. The van der Waals surface area contributed by atoms with Crippen LogP contribution in [0.4, 0.5) is 0 Å². The molecule has 0 rings (SSSR count). The Hall–Kier alpha value is -1.94. The molecule has 0 amide bonds. The monoisotopic (exact) mass is 1630 g/mol. The first-order chi connectivity index (χ1) is 54.2. The summed E-state index contributed by atoms with van der Waals surface area (Å²) in [6.07, 6.45) is 76.4. The quantitative estimate of drug-likeness (QED) is 0.0222. The van der Waals surface area contributed by atoms with Gasteiger partial charge in [0.1, 0.15) is 19.3 Å². The summed E-state index contributed by atoms with van der Waals surface area (Å²) >= 11 is 0. The van der Waals surface area contributed by atoms with Crippen LogP contribution in [0.25, 0.3) is 0 Å². The molecule has 3 N–H and O–H groups in total. The highest BCUT2D eigenvalue weighted by Gasteiger charge is 2.31. The number of phosphoric acid groups is 2. The van der Waals surface area contributed by atoms with Gasteiger partial charge < -0.3 is 33.8 Å². The summed E-state index contributed by atoms with van der Waals surface area (Å²) in [6, 6.07) is 0. The van der Waals surface area contributed by atoms with Crippen LogP contribution in [0.2, 0.25) is 0 Å². The van der Waals surface area contributed by atoms with E-state index in [1.54, 1.807) is 0 Å². The Kier molecular flexibility index (Phi) is 81.3. The number of hydrogen-bond acceptors (Lipinski definition) is 15. The molecule has 0 aliphatic carbocycles. The van der Waals surface area contributed by atoms with Crippen molar-refractivity contribution >= 4 is 39.5 Å². The van der Waals surface area contributed by atoms with Gasteiger partial charge in [0.05, 0.1) is 26.4 Å². The molecule has 0 aromatic carbocycles. The topological polar surface area (TPSA) is 237 Å². The first-order valence-corrected chi connectivity index (χ1v) is 50.8. The van der Waals surface area contributed by atoms with Crippen LogP contribution < -0.4 is 0 Å². The Labute approximate surface area is 689 Å². The van der Waals surface area contributed by atoms with Crippen LogP contribution >= 0.6 is 15.6 Å². The van der Waals surface area contributed by atoms with Crippen LogP contribution in [0.5, 0.6) is 0 Å². The lowest BCUT2D eigenvalue weighted by molar-refractivity contribution is -0.161. The number of unbranched alkanes of at least 4 members (excludes halogenated alkanes) is 59. The highest BCUT2D eigenvalue weighted by molar-refractivity contribution is 7.47. The molecule has 0 aromatic rings. The Morgan fingerprint density at radius 3 is 0.607 bits per heavy atom. The summed E-state index contributed by atoms with van der Waals surface area (Å²) in [5.74, 6) is 0.358. The number of rotatable bonds is 91. The lowest BCUT2D eigenvalue weighted by atomic mass is 10.0. The summed E-state index contributed by atoms with van der Waals surface area (Å²) in [4.78, 5) is 73.5. The van der Waals surface area contributed by atoms with Gasteiger partial charge in [-0.05, 0) is 43.4 Å². The highest BCUT2D eigenvalue weighted by atomic mass is 31.2. The second-order valence-corrected chi connectivity index (χ2v) is 37.7. The number of aliphatic hydroxyl groups excluding tert-OH is 1. The van der Waals surface area contributed by atoms with Crippen molar-refractivity contribution < 1.29 is 80.2 Å². The van der Waals surface area contributed by atoms with Gasteiger partial charge in [-0.15, -0.1) is 0 Å². The number of carbonyl (C=O) groups is 4. The molecule has 0 aromatic heterocycles. The first-order valence-electron chi connectivity index (χ1n) is 47.8. The van der Waals surface area contributed by atoms with E-state index < -0.39 is 97.5 Å². The maximum absolute atomic E-state index is 13.2. The molecule has 19 heteroatoms. The Morgan fingerprint density at radius 2 is 0.411 bits per heavy atom. The van der Waals surface area contributed by atoms with E-state index in [9.17, 15) is 43.2 Å². The summed E-state index contributed by atoms with van der Waals surface area (Å²) in [5.41, 5.74) is 0. The molecule has 0 heterocycles.